The van der Waals surface area contributed by atoms with E-state index in [-0.39, 0.29) is 6.10 Å². The highest BCUT2D eigenvalue weighted by Gasteiger charge is 2.21. The number of nitrogens with one attached hydrogen (secondary N) is 2. The number of rotatable bonds is 7. The van der Waals surface area contributed by atoms with Gasteiger partial charge in [-0.25, -0.2) is 15.0 Å². The van der Waals surface area contributed by atoms with Crippen molar-refractivity contribution in [2.24, 2.45) is 0 Å². The zero-order valence-corrected chi connectivity index (χ0v) is 20.2. The Balaban J connectivity index is 1.27. The first kappa shape index (κ1) is 21.8. The molecule has 176 valence electrons. The summed E-state index contributed by atoms with van der Waals surface area (Å²) in [5.41, 5.74) is 4.26. The lowest BCUT2D eigenvalue weighted by atomic mass is 10.2. The fourth-order valence-corrected chi connectivity index (χ4v) is 4.69. The highest BCUT2D eigenvalue weighted by molar-refractivity contribution is 7.16. The van der Waals surface area contributed by atoms with Crippen LogP contribution in [0.5, 0.6) is 23.0 Å². The lowest BCUT2D eigenvalue weighted by Gasteiger charge is -2.28. The van der Waals surface area contributed by atoms with E-state index in [2.05, 4.69) is 25.6 Å². The van der Waals surface area contributed by atoms with Crippen LogP contribution in [0.1, 0.15) is 0 Å². The van der Waals surface area contributed by atoms with Gasteiger partial charge < -0.3 is 24.8 Å². The second-order valence-corrected chi connectivity index (χ2v) is 9.29. The maximum absolute atomic E-state index is 6.56. The van der Waals surface area contributed by atoms with Gasteiger partial charge in [0.15, 0.2) is 11.5 Å². The van der Waals surface area contributed by atoms with Gasteiger partial charge in [-0.3, -0.25) is 0 Å². The van der Waals surface area contributed by atoms with Crippen molar-refractivity contribution in [1.29, 1.82) is 0 Å². The molecule has 1 saturated heterocycles. The van der Waals surface area contributed by atoms with Crippen molar-refractivity contribution in [2.45, 2.75) is 6.10 Å². The number of thiazole rings is 1. The summed E-state index contributed by atoms with van der Waals surface area (Å²) in [5.74, 6) is 3.19. The van der Waals surface area contributed by atoms with Crippen molar-refractivity contribution in [3.63, 3.8) is 0 Å². The molecule has 0 unspecified atom stereocenters. The standard InChI is InChI=1S/C25H20ClN5O3S/c1-32-22-9-20-17(8-23(22)34-16-10-27-11-16)25(29-12-28-20)31-14-2-5-21(18(26)6-14)33-15-3-4-19-24(7-15)35-13-30-19/h2-9,12-13,16,27H,10-11H2,1H3,(H,28,29,31). The highest BCUT2D eigenvalue weighted by Crippen LogP contribution is 2.37. The minimum Gasteiger partial charge on any atom is -0.493 e. The lowest BCUT2D eigenvalue weighted by molar-refractivity contribution is 0.137. The van der Waals surface area contributed by atoms with Crippen molar-refractivity contribution in [2.75, 3.05) is 25.5 Å². The number of fused-ring (bicyclic) bond motifs is 2. The van der Waals surface area contributed by atoms with E-state index in [1.807, 2.05) is 48.0 Å². The maximum atomic E-state index is 6.56. The first-order valence-electron chi connectivity index (χ1n) is 10.9. The zero-order chi connectivity index (χ0) is 23.8. The molecule has 8 nitrogen and oxygen atoms in total. The molecule has 2 aromatic heterocycles. The van der Waals surface area contributed by atoms with Gasteiger partial charge in [0.05, 0.1) is 33.4 Å². The molecule has 0 bridgehead atoms. The van der Waals surface area contributed by atoms with Gasteiger partial charge >= 0.3 is 0 Å². The summed E-state index contributed by atoms with van der Waals surface area (Å²) in [7, 11) is 1.62. The predicted octanol–water partition coefficient (Wildman–Crippen LogP) is 5.79. The molecule has 0 saturated carbocycles. The average molecular weight is 506 g/mol. The molecule has 10 heteroatoms. The van der Waals surface area contributed by atoms with Crippen LogP contribution in [0.3, 0.4) is 0 Å². The molecular formula is C25H20ClN5O3S. The number of aromatic nitrogens is 3. The second-order valence-electron chi connectivity index (χ2n) is 7.99. The van der Waals surface area contributed by atoms with E-state index < -0.39 is 0 Å². The molecule has 3 aromatic carbocycles. The fourth-order valence-electron chi connectivity index (χ4n) is 3.76. The molecule has 1 aliphatic rings. The van der Waals surface area contributed by atoms with E-state index in [1.54, 1.807) is 24.5 Å². The van der Waals surface area contributed by atoms with Crippen LogP contribution >= 0.6 is 22.9 Å². The van der Waals surface area contributed by atoms with Crippen LogP contribution in [0.15, 0.2) is 60.4 Å². The largest absolute Gasteiger partial charge is 0.493 e. The first-order chi connectivity index (χ1) is 17.2. The Morgan fingerprint density at radius 3 is 2.69 bits per heavy atom. The van der Waals surface area contributed by atoms with Crippen LogP contribution in [0.2, 0.25) is 5.02 Å². The third kappa shape index (κ3) is 4.41. The van der Waals surface area contributed by atoms with E-state index >= 15 is 0 Å². The Hall–Kier alpha value is -3.66. The molecule has 0 spiro atoms. The van der Waals surface area contributed by atoms with Gasteiger partial charge in [-0.1, -0.05) is 11.6 Å². The van der Waals surface area contributed by atoms with Crippen LogP contribution in [0, 0.1) is 0 Å². The molecule has 3 heterocycles. The number of methoxy groups -OCH3 is 1. The summed E-state index contributed by atoms with van der Waals surface area (Å²) < 4.78 is 18.7. The Kier molecular flexibility index (Phi) is 5.73. The van der Waals surface area contributed by atoms with Crippen molar-refractivity contribution >= 4 is 55.6 Å². The minimum atomic E-state index is 0.116. The third-order valence-corrected chi connectivity index (χ3v) is 6.77. The van der Waals surface area contributed by atoms with E-state index in [0.29, 0.717) is 33.8 Å². The number of halogens is 1. The summed E-state index contributed by atoms with van der Waals surface area (Å²) >= 11 is 8.12. The summed E-state index contributed by atoms with van der Waals surface area (Å²) in [6, 6.07) is 15.0. The normalized spacial score (nSPS) is 13.5. The molecule has 0 radical (unpaired) electrons. The van der Waals surface area contributed by atoms with Crippen LogP contribution in [-0.4, -0.2) is 41.3 Å². The molecule has 0 atom stereocenters. The van der Waals surface area contributed by atoms with Crippen molar-refractivity contribution < 1.29 is 14.2 Å². The quantitative estimate of drug-likeness (QED) is 0.287. The molecule has 35 heavy (non-hydrogen) atoms. The van der Waals surface area contributed by atoms with E-state index in [1.165, 1.54) is 6.33 Å². The summed E-state index contributed by atoms with van der Waals surface area (Å²) in [5, 5.41) is 7.83. The predicted molar refractivity (Wildman–Crippen MR) is 138 cm³/mol. The van der Waals surface area contributed by atoms with Gasteiger partial charge in [0.25, 0.3) is 0 Å². The average Bonchev–Trinajstić information content (AvgIpc) is 3.31. The number of anilines is 2. The highest BCUT2D eigenvalue weighted by atomic mass is 35.5. The number of nitrogens with zero attached hydrogens (tertiary/aromatic N) is 3. The molecule has 1 aliphatic heterocycles. The summed E-state index contributed by atoms with van der Waals surface area (Å²) in [6.07, 6.45) is 1.63. The van der Waals surface area contributed by atoms with Crippen LogP contribution in [-0.2, 0) is 0 Å². The number of ether oxygens (including phenoxy) is 3. The van der Waals surface area contributed by atoms with Gasteiger partial charge in [-0.15, -0.1) is 11.3 Å². The number of hydrogen-bond acceptors (Lipinski definition) is 9. The van der Waals surface area contributed by atoms with Crippen molar-refractivity contribution in [3.05, 3.63) is 65.4 Å². The maximum Gasteiger partial charge on any atom is 0.162 e. The van der Waals surface area contributed by atoms with Crippen LogP contribution in [0.25, 0.3) is 21.1 Å². The molecule has 1 fully saturated rings. The molecule has 0 aliphatic carbocycles. The summed E-state index contributed by atoms with van der Waals surface area (Å²) in [4.78, 5) is 13.1. The Bertz CT molecular complexity index is 1540. The Morgan fingerprint density at radius 1 is 0.971 bits per heavy atom. The van der Waals surface area contributed by atoms with Gasteiger partial charge in [-0.2, -0.15) is 0 Å². The van der Waals surface area contributed by atoms with E-state index in [9.17, 15) is 0 Å². The van der Waals surface area contributed by atoms with Crippen molar-refractivity contribution in [1.82, 2.24) is 20.3 Å². The monoisotopic (exact) mass is 505 g/mol. The zero-order valence-electron chi connectivity index (χ0n) is 18.6. The smallest absolute Gasteiger partial charge is 0.162 e. The topological polar surface area (TPSA) is 90.4 Å². The molecular weight excluding hydrogens is 486 g/mol. The van der Waals surface area contributed by atoms with Gasteiger partial charge in [0.2, 0.25) is 0 Å². The first-order valence-corrected chi connectivity index (χ1v) is 12.2. The summed E-state index contributed by atoms with van der Waals surface area (Å²) in [6.45, 7) is 1.62. The fraction of sp³-hybridized carbons (Fsp3) is 0.160. The van der Waals surface area contributed by atoms with E-state index in [4.69, 9.17) is 25.8 Å². The SMILES string of the molecule is COc1cc2ncnc(Nc3ccc(Oc4ccc5ncsc5c4)c(Cl)c3)c2cc1OC1CNC1. The second kappa shape index (κ2) is 9.18. The Morgan fingerprint density at radius 2 is 1.89 bits per heavy atom. The molecule has 6 rings (SSSR count). The Labute approximate surface area is 209 Å². The molecule has 2 N–H and O–H groups in total. The van der Waals surface area contributed by atoms with Crippen molar-refractivity contribution in [3.8, 4) is 23.0 Å². The van der Waals surface area contributed by atoms with Gasteiger partial charge in [0, 0.05) is 36.3 Å². The molecule has 5 aromatic rings. The number of hydrogen-bond donors (Lipinski definition) is 2. The third-order valence-electron chi connectivity index (χ3n) is 5.68. The molecule has 0 amide bonds. The van der Waals surface area contributed by atoms with Gasteiger partial charge in [0.1, 0.15) is 29.7 Å². The lowest BCUT2D eigenvalue weighted by Crippen LogP contribution is -2.50. The number of benzene rings is 3. The van der Waals surface area contributed by atoms with E-state index in [0.717, 1.165) is 39.9 Å². The van der Waals surface area contributed by atoms with Gasteiger partial charge in [-0.05, 0) is 36.4 Å². The van der Waals surface area contributed by atoms with Crippen LogP contribution in [0.4, 0.5) is 11.5 Å². The van der Waals surface area contributed by atoms with Crippen LogP contribution < -0.4 is 24.8 Å². The minimum absolute atomic E-state index is 0.116.